The molecule has 1 atom stereocenters. The summed E-state index contributed by atoms with van der Waals surface area (Å²) >= 11 is 0. The van der Waals surface area contributed by atoms with E-state index < -0.39 is 6.10 Å². The van der Waals surface area contributed by atoms with Gasteiger partial charge in [0, 0.05) is 19.3 Å². The number of carbonyl (C=O) groups excluding carboxylic acids is 3. The highest BCUT2D eigenvalue weighted by Crippen LogP contribution is 2.14. The molecule has 0 radical (unpaired) electrons. The van der Waals surface area contributed by atoms with E-state index in [0.717, 1.165) is 83.5 Å². The van der Waals surface area contributed by atoms with E-state index in [4.69, 9.17) is 14.2 Å². The largest absolute Gasteiger partial charge is 0.462 e. The van der Waals surface area contributed by atoms with E-state index in [1.165, 1.54) is 103 Å². The maximum Gasteiger partial charge on any atom is 0.306 e. The zero-order valence-electron chi connectivity index (χ0n) is 35.0. The van der Waals surface area contributed by atoms with Gasteiger partial charge < -0.3 is 14.2 Å². The zero-order valence-corrected chi connectivity index (χ0v) is 35.0. The zero-order chi connectivity index (χ0) is 38.7. The van der Waals surface area contributed by atoms with Crippen LogP contribution in [0.5, 0.6) is 0 Å². The highest BCUT2D eigenvalue weighted by Gasteiger charge is 2.19. The molecule has 6 heteroatoms. The van der Waals surface area contributed by atoms with Gasteiger partial charge in [-0.15, -0.1) is 0 Å². The Hall–Kier alpha value is -2.37. The van der Waals surface area contributed by atoms with Crippen molar-refractivity contribution in [2.75, 3.05) is 13.2 Å². The van der Waals surface area contributed by atoms with Gasteiger partial charge in [0.25, 0.3) is 0 Å². The maximum atomic E-state index is 12.6. The lowest BCUT2D eigenvalue weighted by atomic mass is 10.1. The molecule has 0 aliphatic heterocycles. The molecule has 53 heavy (non-hydrogen) atoms. The fraction of sp³-hybridized carbons (Fsp3) is 0.809. The van der Waals surface area contributed by atoms with E-state index >= 15 is 0 Å². The highest BCUT2D eigenvalue weighted by molar-refractivity contribution is 5.71. The van der Waals surface area contributed by atoms with Gasteiger partial charge >= 0.3 is 17.9 Å². The van der Waals surface area contributed by atoms with E-state index in [9.17, 15) is 14.4 Å². The van der Waals surface area contributed by atoms with Crippen LogP contribution < -0.4 is 0 Å². The smallest absolute Gasteiger partial charge is 0.306 e. The van der Waals surface area contributed by atoms with Crippen LogP contribution in [0.25, 0.3) is 0 Å². The number of esters is 3. The Balaban J connectivity index is 4.33. The molecule has 0 bridgehead atoms. The molecule has 0 aromatic rings. The molecule has 0 saturated heterocycles. The van der Waals surface area contributed by atoms with Gasteiger partial charge in [0.15, 0.2) is 6.10 Å². The summed E-state index contributed by atoms with van der Waals surface area (Å²) in [6.45, 7) is 6.54. The van der Waals surface area contributed by atoms with Gasteiger partial charge in [-0.2, -0.15) is 0 Å². The molecule has 0 unspecified atom stereocenters. The predicted octanol–water partition coefficient (Wildman–Crippen LogP) is 14.2. The first kappa shape index (κ1) is 50.6. The standard InChI is InChI=1S/C47H84O6/c1-4-7-10-13-16-19-20-21-22-23-24-25-26-29-31-34-37-40-46(49)52-43-44(53-47(50)41-38-35-32-28-18-15-12-9-6-3)42-51-45(48)39-36-33-30-27-17-14-11-8-5-2/h16,19,21-22,24-25,44H,4-15,17-18,20,23,26-43H2,1-3H3/b19-16-,22-21-,25-24-/t44-/m1/s1. The second kappa shape index (κ2) is 42.4. The third kappa shape index (κ3) is 40.6. The Morgan fingerprint density at radius 1 is 0.377 bits per heavy atom. The third-order valence-corrected chi connectivity index (χ3v) is 9.65. The second-order valence-electron chi connectivity index (χ2n) is 15.0. The van der Waals surface area contributed by atoms with E-state index in [0.29, 0.717) is 19.3 Å². The SMILES string of the molecule is CCCCC/C=C\C/C=C\C/C=C\CCCCCCC(=O)OC[C@@H](COC(=O)CCCCCCCCCCC)OC(=O)CCCCCCCCCCC. The highest BCUT2D eigenvalue weighted by atomic mass is 16.6. The lowest BCUT2D eigenvalue weighted by Crippen LogP contribution is -2.30. The Labute approximate surface area is 327 Å². The van der Waals surface area contributed by atoms with Crippen LogP contribution in [0, 0.1) is 0 Å². The van der Waals surface area contributed by atoms with Crippen molar-refractivity contribution < 1.29 is 28.6 Å². The van der Waals surface area contributed by atoms with E-state index in [2.05, 4.69) is 57.2 Å². The van der Waals surface area contributed by atoms with Crippen molar-refractivity contribution in [1.82, 2.24) is 0 Å². The van der Waals surface area contributed by atoms with Crippen molar-refractivity contribution in [3.8, 4) is 0 Å². The van der Waals surface area contributed by atoms with Crippen LogP contribution in [0.3, 0.4) is 0 Å². The summed E-state index contributed by atoms with van der Waals surface area (Å²) < 4.78 is 16.6. The van der Waals surface area contributed by atoms with Gasteiger partial charge in [0.05, 0.1) is 0 Å². The molecule has 0 aliphatic rings. The average molecular weight is 745 g/mol. The average Bonchev–Trinajstić information content (AvgIpc) is 3.15. The molecule has 0 N–H and O–H groups in total. The Kier molecular flexibility index (Phi) is 40.5. The molecule has 0 amide bonds. The van der Waals surface area contributed by atoms with Crippen molar-refractivity contribution in [2.45, 2.75) is 232 Å². The first-order valence-corrected chi connectivity index (χ1v) is 22.5. The number of hydrogen-bond donors (Lipinski definition) is 0. The molecule has 0 aromatic heterocycles. The first-order valence-electron chi connectivity index (χ1n) is 22.5. The minimum atomic E-state index is -0.772. The quantitative estimate of drug-likeness (QED) is 0.0269. The topological polar surface area (TPSA) is 78.9 Å². The monoisotopic (exact) mass is 745 g/mol. The lowest BCUT2D eigenvalue weighted by Gasteiger charge is -2.18. The molecular formula is C47H84O6. The summed E-state index contributed by atoms with van der Waals surface area (Å²) in [4.78, 5) is 37.6. The number of hydrogen-bond acceptors (Lipinski definition) is 6. The van der Waals surface area contributed by atoms with Gasteiger partial charge in [0.2, 0.25) is 0 Å². The van der Waals surface area contributed by atoms with Crippen molar-refractivity contribution in [3.05, 3.63) is 36.5 Å². The van der Waals surface area contributed by atoms with Crippen LogP contribution in [0.4, 0.5) is 0 Å². The number of rotatable bonds is 40. The summed E-state index contributed by atoms with van der Waals surface area (Å²) in [5.74, 6) is -0.903. The normalized spacial score (nSPS) is 12.3. The van der Waals surface area contributed by atoms with E-state index in [1.807, 2.05) is 0 Å². The Morgan fingerprint density at radius 2 is 0.679 bits per heavy atom. The molecule has 0 fully saturated rings. The minimum Gasteiger partial charge on any atom is -0.462 e. The number of carbonyl (C=O) groups is 3. The number of unbranched alkanes of at least 4 members (excludes halogenated alkanes) is 23. The first-order chi connectivity index (χ1) is 26.0. The van der Waals surface area contributed by atoms with Gasteiger partial charge in [0.1, 0.15) is 13.2 Å². The summed E-state index contributed by atoms with van der Waals surface area (Å²) in [6.07, 6.45) is 47.0. The number of ether oxygens (including phenoxy) is 3. The van der Waals surface area contributed by atoms with E-state index in [1.54, 1.807) is 0 Å². The molecule has 0 saturated carbocycles. The Morgan fingerprint density at radius 3 is 1.09 bits per heavy atom. The van der Waals surface area contributed by atoms with Crippen LogP contribution in [0.1, 0.15) is 226 Å². The Bertz CT molecular complexity index is 907. The number of allylic oxidation sites excluding steroid dienone is 6. The van der Waals surface area contributed by atoms with Gasteiger partial charge in [-0.3, -0.25) is 14.4 Å². The van der Waals surface area contributed by atoms with Crippen molar-refractivity contribution in [1.29, 1.82) is 0 Å². The molecular weight excluding hydrogens is 661 g/mol. The summed E-state index contributed by atoms with van der Waals surface area (Å²) in [5.41, 5.74) is 0. The maximum absolute atomic E-state index is 12.6. The second-order valence-corrected chi connectivity index (χ2v) is 15.0. The minimum absolute atomic E-state index is 0.0769. The summed E-state index contributed by atoms with van der Waals surface area (Å²) in [7, 11) is 0. The van der Waals surface area contributed by atoms with Gasteiger partial charge in [-0.05, 0) is 57.8 Å². The van der Waals surface area contributed by atoms with Crippen LogP contribution in [0.2, 0.25) is 0 Å². The molecule has 0 aromatic carbocycles. The molecule has 0 spiro atoms. The lowest BCUT2D eigenvalue weighted by molar-refractivity contribution is -0.167. The van der Waals surface area contributed by atoms with Crippen LogP contribution in [0.15, 0.2) is 36.5 Å². The third-order valence-electron chi connectivity index (χ3n) is 9.65. The van der Waals surface area contributed by atoms with E-state index in [-0.39, 0.29) is 31.1 Å². The van der Waals surface area contributed by atoms with Crippen LogP contribution >= 0.6 is 0 Å². The van der Waals surface area contributed by atoms with Gasteiger partial charge in [-0.1, -0.05) is 186 Å². The van der Waals surface area contributed by atoms with Crippen LogP contribution in [-0.2, 0) is 28.6 Å². The van der Waals surface area contributed by atoms with Crippen molar-refractivity contribution in [3.63, 3.8) is 0 Å². The fourth-order valence-corrected chi connectivity index (χ4v) is 6.21. The van der Waals surface area contributed by atoms with Crippen LogP contribution in [-0.4, -0.2) is 37.2 Å². The summed E-state index contributed by atoms with van der Waals surface area (Å²) in [6, 6.07) is 0. The predicted molar refractivity (Wildman–Crippen MR) is 224 cm³/mol. The molecule has 0 aliphatic carbocycles. The molecule has 0 rings (SSSR count). The van der Waals surface area contributed by atoms with Crippen molar-refractivity contribution >= 4 is 17.9 Å². The molecule has 308 valence electrons. The molecule has 0 heterocycles. The summed E-state index contributed by atoms with van der Waals surface area (Å²) in [5, 5.41) is 0. The molecule has 6 nitrogen and oxygen atoms in total. The van der Waals surface area contributed by atoms with Gasteiger partial charge in [-0.25, -0.2) is 0 Å². The van der Waals surface area contributed by atoms with Crippen molar-refractivity contribution in [2.24, 2.45) is 0 Å². The fourth-order valence-electron chi connectivity index (χ4n) is 6.21.